The van der Waals surface area contributed by atoms with Gasteiger partial charge in [-0.05, 0) is 41.8 Å². The van der Waals surface area contributed by atoms with Crippen molar-refractivity contribution >= 4 is 40.9 Å². The van der Waals surface area contributed by atoms with Crippen molar-refractivity contribution < 1.29 is 14.6 Å². The quantitative estimate of drug-likeness (QED) is 0.685. The fraction of sp³-hybridized carbons (Fsp3) is 0.200. The van der Waals surface area contributed by atoms with Crippen LogP contribution < -0.4 is 4.74 Å². The summed E-state index contributed by atoms with van der Waals surface area (Å²) in [6.45, 7) is 0. The molecule has 6 heteroatoms. The number of ketones is 1. The number of nitrogens with zero attached hydrogens (tertiary/aromatic N) is 1. The number of carbonyl (C=O) groups excluding carboxylic acids is 1. The molecule has 0 saturated heterocycles. The van der Waals surface area contributed by atoms with Crippen LogP contribution in [0.4, 0.5) is 5.69 Å². The molecule has 0 spiro atoms. The third-order valence-electron chi connectivity index (χ3n) is 4.26. The minimum atomic E-state index is -0.147. The predicted molar refractivity (Wildman–Crippen MR) is 104 cm³/mol. The molecule has 0 heterocycles. The van der Waals surface area contributed by atoms with Gasteiger partial charge in [0.25, 0.3) is 0 Å². The van der Waals surface area contributed by atoms with E-state index in [1.54, 1.807) is 25.3 Å². The van der Waals surface area contributed by atoms with Crippen LogP contribution in [-0.4, -0.2) is 24.2 Å². The highest BCUT2D eigenvalue weighted by Gasteiger charge is 2.27. The molecule has 0 fully saturated rings. The SMILES string of the molecule is COc1ccc(C2CC(=O)C(C=Nc3cc(Cl)cc(Cl)c3)=C(O)C2)cc1. The number of aliphatic hydroxyl groups excluding tert-OH is 1. The van der Waals surface area contributed by atoms with Crippen LogP contribution in [0.3, 0.4) is 0 Å². The van der Waals surface area contributed by atoms with Crippen molar-refractivity contribution in [3.63, 3.8) is 0 Å². The van der Waals surface area contributed by atoms with Gasteiger partial charge in [0.1, 0.15) is 11.5 Å². The van der Waals surface area contributed by atoms with E-state index >= 15 is 0 Å². The number of hydrogen-bond donors (Lipinski definition) is 1. The predicted octanol–water partition coefficient (Wildman–Crippen LogP) is 5.66. The minimum Gasteiger partial charge on any atom is -0.511 e. The molecule has 0 radical (unpaired) electrons. The van der Waals surface area contributed by atoms with E-state index in [9.17, 15) is 9.90 Å². The van der Waals surface area contributed by atoms with E-state index in [2.05, 4.69) is 4.99 Å². The average molecular weight is 390 g/mol. The second-order valence-corrected chi connectivity index (χ2v) is 6.92. The van der Waals surface area contributed by atoms with E-state index in [1.165, 1.54) is 6.21 Å². The zero-order chi connectivity index (χ0) is 18.7. The smallest absolute Gasteiger partial charge is 0.168 e. The van der Waals surface area contributed by atoms with Crippen molar-refractivity contribution in [3.8, 4) is 5.75 Å². The molecule has 0 aromatic heterocycles. The van der Waals surface area contributed by atoms with Crippen molar-refractivity contribution in [2.24, 2.45) is 4.99 Å². The fourth-order valence-electron chi connectivity index (χ4n) is 2.92. The Balaban J connectivity index is 1.80. The Bertz CT molecular complexity index is 868. The topological polar surface area (TPSA) is 58.9 Å². The van der Waals surface area contributed by atoms with Gasteiger partial charge in [0.2, 0.25) is 0 Å². The summed E-state index contributed by atoms with van der Waals surface area (Å²) in [5.74, 6) is 0.584. The first-order valence-electron chi connectivity index (χ1n) is 8.05. The number of rotatable bonds is 4. The summed E-state index contributed by atoms with van der Waals surface area (Å²) in [5, 5.41) is 11.3. The first-order valence-corrected chi connectivity index (χ1v) is 8.81. The molecule has 0 saturated carbocycles. The molecular weight excluding hydrogens is 373 g/mol. The van der Waals surface area contributed by atoms with E-state index in [1.807, 2.05) is 24.3 Å². The Kier molecular flexibility index (Phi) is 5.64. The number of hydrogen-bond acceptors (Lipinski definition) is 4. The maximum Gasteiger partial charge on any atom is 0.168 e. The largest absolute Gasteiger partial charge is 0.511 e. The standard InChI is InChI=1S/C20H17Cl2NO3/c1-26-17-4-2-12(3-5-17)13-6-19(24)18(20(25)7-13)11-23-16-9-14(21)8-15(22)10-16/h2-5,8-11,13,24H,6-7H2,1H3. The maximum atomic E-state index is 12.5. The molecule has 1 unspecified atom stereocenters. The van der Waals surface area contributed by atoms with Gasteiger partial charge < -0.3 is 9.84 Å². The van der Waals surface area contributed by atoms with Crippen molar-refractivity contribution in [2.45, 2.75) is 18.8 Å². The van der Waals surface area contributed by atoms with Gasteiger partial charge in [0.15, 0.2) is 5.78 Å². The van der Waals surface area contributed by atoms with Crippen LogP contribution in [-0.2, 0) is 4.79 Å². The van der Waals surface area contributed by atoms with E-state index in [0.29, 0.717) is 28.6 Å². The zero-order valence-electron chi connectivity index (χ0n) is 14.1. The molecule has 3 rings (SSSR count). The first-order chi connectivity index (χ1) is 12.5. The lowest BCUT2D eigenvalue weighted by Crippen LogP contribution is -2.19. The molecule has 1 aliphatic carbocycles. The van der Waals surface area contributed by atoms with Crippen LogP contribution in [0.1, 0.15) is 24.3 Å². The number of methoxy groups -OCH3 is 1. The molecule has 0 aliphatic heterocycles. The van der Waals surface area contributed by atoms with E-state index in [4.69, 9.17) is 27.9 Å². The van der Waals surface area contributed by atoms with Gasteiger partial charge in [-0.25, -0.2) is 0 Å². The number of aliphatic imine (C=N–C) groups is 1. The molecule has 1 atom stereocenters. The molecule has 4 nitrogen and oxygen atoms in total. The molecule has 2 aromatic carbocycles. The molecule has 134 valence electrons. The molecule has 0 amide bonds. The number of allylic oxidation sites excluding steroid dienone is 2. The van der Waals surface area contributed by atoms with Gasteiger partial charge in [0, 0.05) is 29.1 Å². The van der Waals surface area contributed by atoms with Crippen LogP contribution in [0.5, 0.6) is 5.75 Å². The lowest BCUT2D eigenvalue weighted by molar-refractivity contribution is -0.116. The van der Waals surface area contributed by atoms with Crippen LogP contribution in [0.15, 0.2) is 58.8 Å². The van der Waals surface area contributed by atoms with Crippen molar-refractivity contribution in [1.29, 1.82) is 0 Å². The van der Waals surface area contributed by atoms with Gasteiger partial charge in [-0.3, -0.25) is 9.79 Å². The van der Waals surface area contributed by atoms with E-state index in [0.717, 1.165) is 11.3 Å². The number of aliphatic hydroxyl groups is 1. The molecule has 26 heavy (non-hydrogen) atoms. The molecule has 1 aliphatic rings. The number of benzene rings is 2. The maximum absolute atomic E-state index is 12.5. The summed E-state index contributed by atoms with van der Waals surface area (Å²) in [7, 11) is 1.60. The zero-order valence-corrected chi connectivity index (χ0v) is 15.6. The second-order valence-electron chi connectivity index (χ2n) is 6.05. The molecule has 2 aromatic rings. The summed E-state index contributed by atoms with van der Waals surface area (Å²) in [4.78, 5) is 16.7. The van der Waals surface area contributed by atoms with E-state index in [-0.39, 0.29) is 23.0 Å². The number of Topliss-reactive ketones (excluding diaryl/α,β-unsaturated/α-hetero) is 1. The Labute approximate surface area is 161 Å². The lowest BCUT2D eigenvalue weighted by atomic mass is 9.83. The van der Waals surface area contributed by atoms with Gasteiger partial charge in [-0.1, -0.05) is 35.3 Å². The Morgan fingerprint density at radius 3 is 2.35 bits per heavy atom. The summed E-state index contributed by atoms with van der Waals surface area (Å²) in [6.07, 6.45) is 2.08. The summed E-state index contributed by atoms with van der Waals surface area (Å²) < 4.78 is 5.14. The second kappa shape index (κ2) is 7.94. The van der Waals surface area contributed by atoms with Crippen molar-refractivity contribution in [3.05, 3.63) is 69.4 Å². The van der Waals surface area contributed by atoms with Gasteiger partial charge in [-0.2, -0.15) is 0 Å². The highest BCUT2D eigenvalue weighted by molar-refractivity contribution is 6.35. The first kappa shape index (κ1) is 18.5. The molecular formula is C20H17Cl2NO3. The van der Waals surface area contributed by atoms with Gasteiger partial charge in [0.05, 0.1) is 18.4 Å². The van der Waals surface area contributed by atoms with Crippen LogP contribution in [0, 0.1) is 0 Å². The Morgan fingerprint density at radius 2 is 1.77 bits per heavy atom. The van der Waals surface area contributed by atoms with E-state index < -0.39 is 0 Å². The summed E-state index contributed by atoms with van der Waals surface area (Å²) in [5.41, 5.74) is 1.74. The normalized spacial score (nSPS) is 17.8. The fourth-order valence-corrected chi connectivity index (χ4v) is 3.44. The van der Waals surface area contributed by atoms with Crippen LogP contribution >= 0.6 is 23.2 Å². The minimum absolute atomic E-state index is 0.0407. The summed E-state index contributed by atoms with van der Waals surface area (Å²) >= 11 is 11.9. The third-order valence-corrected chi connectivity index (χ3v) is 4.70. The third kappa shape index (κ3) is 4.26. The van der Waals surface area contributed by atoms with Gasteiger partial charge in [-0.15, -0.1) is 0 Å². The lowest BCUT2D eigenvalue weighted by Gasteiger charge is -2.22. The number of ether oxygens (including phenoxy) is 1. The highest BCUT2D eigenvalue weighted by atomic mass is 35.5. The number of carbonyl (C=O) groups is 1. The van der Waals surface area contributed by atoms with Crippen molar-refractivity contribution in [1.82, 2.24) is 0 Å². The monoisotopic (exact) mass is 389 g/mol. The molecule has 1 N–H and O–H groups in total. The Morgan fingerprint density at radius 1 is 1.12 bits per heavy atom. The highest BCUT2D eigenvalue weighted by Crippen LogP contribution is 2.34. The Hall–Kier alpha value is -2.30. The number of halogens is 2. The molecule has 0 bridgehead atoms. The van der Waals surface area contributed by atoms with Gasteiger partial charge >= 0.3 is 0 Å². The summed E-state index contributed by atoms with van der Waals surface area (Å²) in [6, 6.07) is 12.4. The van der Waals surface area contributed by atoms with Crippen molar-refractivity contribution in [2.75, 3.05) is 7.11 Å². The average Bonchev–Trinajstić information content (AvgIpc) is 2.60. The van der Waals surface area contributed by atoms with Crippen LogP contribution in [0.2, 0.25) is 10.0 Å². The van der Waals surface area contributed by atoms with Crippen LogP contribution in [0.25, 0.3) is 0 Å².